The van der Waals surface area contributed by atoms with E-state index in [1.165, 1.54) is 11.1 Å². The molecule has 3 nitrogen and oxygen atoms in total. The molecule has 1 aromatic rings. The smallest absolute Gasteiger partial charge is 0.240 e. The summed E-state index contributed by atoms with van der Waals surface area (Å²) >= 11 is 0. The first-order valence-electron chi connectivity index (χ1n) is 6.28. The summed E-state index contributed by atoms with van der Waals surface area (Å²) < 4.78 is 0. The zero-order valence-electron chi connectivity index (χ0n) is 10.6. The van der Waals surface area contributed by atoms with E-state index in [1.807, 2.05) is 11.8 Å². The van der Waals surface area contributed by atoms with Crippen molar-refractivity contribution in [1.29, 1.82) is 0 Å². The minimum Gasteiger partial charge on any atom is -0.337 e. The van der Waals surface area contributed by atoms with E-state index < -0.39 is 0 Å². The number of likely N-dealkylation sites (N-methyl/N-ethyl adjacent to an activating group) is 1. The highest BCUT2D eigenvalue weighted by Crippen LogP contribution is 2.15. The second kappa shape index (κ2) is 5.32. The molecule has 1 saturated heterocycles. The molecule has 1 N–H and O–H groups in total. The fourth-order valence-electron chi connectivity index (χ4n) is 2.25. The second-order valence-corrected chi connectivity index (χ2v) is 4.64. The van der Waals surface area contributed by atoms with Crippen LogP contribution in [0.4, 0.5) is 0 Å². The van der Waals surface area contributed by atoms with E-state index in [-0.39, 0.29) is 11.9 Å². The van der Waals surface area contributed by atoms with Crippen molar-refractivity contribution in [2.75, 3.05) is 13.1 Å². The Morgan fingerprint density at radius 1 is 1.35 bits per heavy atom. The van der Waals surface area contributed by atoms with Gasteiger partial charge in [-0.05, 0) is 25.5 Å². The lowest BCUT2D eigenvalue weighted by atomic mass is 10.1. The van der Waals surface area contributed by atoms with Crippen LogP contribution in [0.3, 0.4) is 0 Å². The summed E-state index contributed by atoms with van der Waals surface area (Å²) in [5.41, 5.74) is 2.47. The number of nitrogens with zero attached hydrogens (tertiary/aromatic N) is 1. The van der Waals surface area contributed by atoms with E-state index >= 15 is 0 Å². The van der Waals surface area contributed by atoms with E-state index in [9.17, 15) is 4.79 Å². The highest BCUT2D eigenvalue weighted by Gasteiger charge is 2.30. The van der Waals surface area contributed by atoms with Crippen LogP contribution >= 0.6 is 0 Å². The standard InChI is InChI=1S/C14H20N2O/c1-3-15-13-8-9-16(14(13)17)10-12-6-4-11(2)5-7-12/h4-7,13,15H,3,8-10H2,1-2H3. The zero-order valence-corrected chi connectivity index (χ0v) is 10.6. The van der Waals surface area contributed by atoms with Crippen molar-refractivity contribution in [2.45, 2.75) is 32.9 Å². The molecule has 2 rings (SSSR count). The molecule has 17 heavy (non-hydrogen) atoms. The van der Waals surface area contributed by atoms with Crippen molar-refractivity contribution < 1.29 is 4.79 Å². The van der Waals surface area contributed by atoms with Crippen LogP contribution in [0.2, 0.25) is 0 Å². The molecule has 0 saturated carbocycles. The molecule has 1 unspecified atom stereocenters. The minimum atomic E-state index is 0.0328. The number of carbonyl (C=O) groups excluding carboxylic acids is 1. The van der Waals surface area contributed by atoms with Gasteiger partial charge in [0.15, 0.2) is 0 Å². The van der Waals surface area contributed by atoms with Gasteiger partial charge >= 0.3 is 0 Å². The maximum Gasteiger partial charge on any atom is 0.240 e. The molecule has 1 atom stereocenters. The Labute approximate surface area is 103 Å². The quantitative estimate of drug-likeness (QED) is 0.857. The zero-order chi connectivity index (χ0) is 12.3. The number of likely N-dealkylation sites (tertiary alicyclic amines) is 1. The van der Waals surface area contributed by atoms with Gasteiger partial charge in [-0.25, -0.2) is 0 Å². The Kier molecular flexibility index (Phi) is 3.79. The number of carbonyl (C=O) groups is 1. The van der Waals surface area contributed by atoms with Gasteiger partial charge < -0.3 is 10.2 Å². The molecular formula is C14H20N2O. The molecule has 3 heteroatoms. The number of amides is 1. The van der Waals surface area contributed by atoms with Crippen LogP contribution in [0.5, 0.6) is 0 Å². The first kappa shape index (κ1) is 12.1. The summed E-state index contributed by atoms with van der Waals surface area (Å²) in [5, 5.41) is 3.23. The molecule has 1 fully saturated rings. The monoisotopic (exact) mass is 232 g/mol. The number of nitrogens with one attached hydrogen (secondary N) is 1. The average molecular weight is 232 g/mol. The van der Waals surface area contributed by atoms with E-state index in [2.05, 4.69) is 36.5 Å². The van der Waals surface area contributed by atoms with Crippen molar-refractivity contribution in [3.8, 4) is 0 Å². The topological polar surface area (TPSA) is 32.3 Å². The molecule has 0 spiro atoms. The second-order valence-electron chi connectivity index (χ2n) is 4.64. The van der Waals surface area contributed by atoms with Gasteiger partial charge in [-0.1, -0.05) is 36.8 Å². The molecule has 1 aromatic carbocycles. The van der Waals surface area contributed by atoms with Gasteiger partial charge in [0.25, 0.3) is 0 Å². The number of rotatable bonds is 4. The van der Waals surface area contributed by atoms with Gasteiger partial charge in [-0.2, -0.15) is 0 Å². The fourth-order valence-corrected chi connectivity index (χ4v) is 2.25. The van der Waals surface area contributed by atoms with E-state index in [0.29, 0.717) is 0 Å². The van der Waals surface area contributed by atoms with Crippen LogP contribution in [0.25, 0.3) is 0 Å². The van der Waals surface area contributed by atoms with Crippen molar-refractivity contribution >= 4 is 5.91 Å². The van der Waals surface area contributed by atoms with Crippen LogP contribution in [-0.4, -0.2) is 29.9 Å². The Morgan fingerprint density at radius 3 is 2.71 bits per heavy atom. The number of benzene rings is 1. The van der Waals surface area contributed by atoms with E-state index in [4.69, 9.17) is 0 Å². The van der Waals surface area contributed by atoms with Gasteiger partial charge in [0.2, 0.25) is 5.91 Å². The van der Waals surface area contributed by atoms with Gasteiger partial charge in [0.05, 0.1) is 6.04 Å². The largest absolute Gasteiger partial charge is 0.337 e. The average Bonchev–Trinajstić information content (AvgIpc) is 2.65. The lowest BCUT2D eigenvalue weighted by Gasteiger charge is -2.17. The molecule has 1 amide bonds. The maximum absolute atomic E-state index is 12.0. The SMILES string of the molecule is CCNC1CCN(Cc2ccc(C)cc2)C1=O. The van der Waals surface area contributed by atoms with Gasteiger partial charge in [-0.3, -0.25) is 4.79 Å². The van der Waals surface area contributed by atoms with Crippen LogP contribution < -0.4 is 5.32 Å². The van der Waals surface area contributed by atoms with Crippen LogP contribution in [0, 0.1) is 6.92 Å². The molecule has 1 aliphatic rings. The van der Waals surface area contributed by atoms with Crippen molar-refractivity contribution in [1.82, 2.24) is 10.2 Å². The van der Waals surface area contributed by atoms with E-state index in [1.54, 1.807) is 0 Å². The number of aryl methyl sites for hydroxylation is 1. The third-order valence-electron chi connectivity index (χ3n) is 3.24. The molecule has 0 aromatic heterocycles. The molecule has 92 valence electrons. The molecule has 0 radical (unpaired) electrons. The summed E-state index contributed by atoms with van der Waals surface area (Å²) in [5.74, 6) is 0.243. The van der Waals surface area contributed by atoms with E-state index in [0.717, 1.165) is 26.1 Å². The summed E-state index contributed by atoms with van der Waals surface area (Å²) in [6, 6.07) is 8.42. The predicted octanol–water partition coefficient (Wildman–Crippen LogP) is 1.71. The normalized spacial score (nSPS) is 20.0. The molecule has 0 aliphatic carbocycles. The van der Waals surface area contributed by atoms with Gasteiger partial charge in [-0.15, -0.1) is 0 Å². The minimum absolute atomic E-state index is 0.0328. The van der Waals surface area contributed by atoms with Gasteiger partial charge in [0, 0.05) is 13.1 Å². The molecular weight excluding hydrogens is 212 g/mol. The van der Waals surface area contributed by atoms with Crippen LogP contribution in [-0.2, 0) is 11.3 Å². The Hall–Kier alpha value is -1.35. The summed E-state index contributed by atoms with van der Waals surface area (Å²) in [7, 11) is 0. The summed E-state index contributed by atoms with van der Waals surface area (Å²) in [6.07, 6.45) is 0.929. The Bertz CT molecular complexity index is 386. The highest BCUT2D eigenvalue weighted by molar-refractivity contribution is 5.83. The lowest BCUT2D eigenvalue weighted by Crippen LogP contribution is -2.37. The van der Waals surface area contributed by atoms with Crippen molar-refractivity contribution in [3.05, 3.63) is 35.4 Å². The third-order valence-corrected chi connectivity index (χ3v) is 3.24. The van der Waals surface area contributed by atoms with Gasteiger partial charge in [0.1, 0.15) is 0 Å². The number of hydrogen-bond acceptors (Lipinski definition) is 2. The molecule has 0 bridgehead atoms. The Morgan fingerprint density at radius 2 is 2.06 bits per heavy atom. The van der Waals surface area contributed by atoms with Crippen molar-refractivity contribution in [3.63, 3.8) is 0 Å². The lowest BCUT2D eigenvalue weighted by molar-refractivity contribution is -0.129. The fraction of sp³-hybridized carbons (Fsp3) is 0.500. The summed E-state index contributed by atoms with van der Waals surface area (Å²) in [4.78, 5) is 14.0. The summed E-state index contributed by atoms with van der Waals surface area (Å²) in [6.45, 7) is 6.57. The van der Waals surface area contributed by atoms with Crippen LogP contribution in [0.15, 0.2) is 24.3 Å². The maximum atomic E-state index is 12.0. The predicted molar refractivity (Wildman–Crippen MR) is 68.7 cm³/mol. The van der Waals surface area contributed by atoms with Crippen LogP contribution in [0.1, 0.15) is 24.5 Å². The number of hydrogen-bond donors (Lipinski definition) is 1. The Balaban J connectivity index is 1.96. The first-order valence-corrected chi connectivity index (χ1v) is 6.28. The van der Waals surface area contributed by atoms with Crippen molar-refractivity contribution in [2.24, 2.45) is 0 Å². The molecule has 1 aliphatic heterocycles. The third kappa shape index (κ3) is 2.86. The highest BCUT2D eigenvalue weighted by atomic mass is 16.2. The molecule has 1 heterocycles. The first-order chi connectivity index (χ1) is 8.20.